The summed E-state index contributed by atoms with van der Waals surface area (Å²) < 4.78 is 41.0. The van der Waals surface area contributed by atoms with E-state index in [4.69, 9.17) is 13.7 Å². The zero-order valence-electron chi connectivity index (χ0n) is 18.6. The predicted octanol–water partition coefficient (Wildman–Crippen LogP) is 3.58. The minimum Gasteiger partial charge on any atom is -0.493 e. The minimum atomic E-state index is -4.36. The van der Waals surface area contributed by atoms with Crippen molar-refractivity contribution in [3.63, 3.8) is 0 Å². The van der Waals surface area contributed by atoms with Crippen LogP contribution in [-0.2, 0) is 24.4 Å². The van der Waals surface area contributed by atoms with Gasteiger partial charge in [0, 0.05) is 12.1 Å². The average Bonchev–Trinajstić information content (AvgIpc) is 3.08. The van der Waals surface area contributed by atoms with Gasteiger partial charge in [-0.3, -0.25) is 29.4 Å². The second-order valence-corrected chi connectivity index (χ2v) is 10.6. The molecule has 1 heterocycles. The SMILES string of the molecule is CCOC(=O)CN1C(=O)S/C(=C\c2cc(I)c(OS(=O)(=O)c3ccc([N+](=O)[O-])cc3)c(OC)c2)C1=O. The van der Waals surface area contributed by atoms with Gasteiger partial charge in [0.15, 0.2) is 11.5 Å². The van der Waals surface area contributed by atoms with E-state index < -0.39 is 38.7 Å². The number of nitro benzene ring substituents is 1. The Balaban J connectivity index is 1.87. The summed E-state index contributed by atoms with van der Waals surface area (Å²) in [6.45, 7) is 1.20. The smallest absolute Gasteiger partial charge is 0.339 e. The third-order valence-corrected chi connectivity index (χ3v) is 7.49. The van der Waals surface area contributed by atoms with Gasteiger partial charge in [-0.2, -0.15) is 8.42 Å². The maximum atomic E-state index is 12.7. The Kier molecular flexibility index (Phi) is 8.57. The van der Waals surface area contributed by atoms with Gasteiger partial charge in [-0.05, 0) is 77.2 Å². The van der Waals surface area contributed by atoms with Crippen molar-refractivity contribution < 1.29 is 41.4 Å². The maximum Gasteiger partial charge on any atom is 0.339 e. The summed E-state index contributed by atoms with van der Waals surface area (Å²) in [5, 5.41) is 10.2. The largest absolute Gasteiger partial charge is 0.493 e. The van der Waals surface area contributed by atoms with Crippen LogP contribution in [0.15, 0.2) is 46.2 Å². The van der Waals surface area contributed by atoms with Gasteiger partial charge in [0.2, 0.25) is 0 Å². The Bertz CT molecular complexity index is 1370. The summed E-state index contributed by atoms with van der Waals surface area (Å²) >= 11 is 2.46. The molecule has 0 bridgehead atoms. The molecule has 0 aromatic heterocycles. The second-order valence-electron chi connectivity index (χ2n) is 6.90. The topological polar surface area (TPSA) is 159 Å². The number of hydrogen-bond donors (Lipinski definition) is 0. The van der Waals surface area contributed by atoms with E-state index in [1.54, 1.807) is 6.92 Å². The first-order chi connectivity index (χ1) is 17.0. The lowest BCUT2D eigenvalue weighted by Crippen LogP contribution is -2.34. The number of ether oxygens (including phenoxy) is 2. The second kappa shape index (κ2) is 11.3. The minimum absolute atomic E-state index is 0.0180. The molecule has 0 atom stereocenters. The highest BCUT2D eigenvalue weighted by molar-refractivity contribution is 14.1. The van der Waals surface area contributed by atoms with Crippen molar-refractivity contribution in [2.24, 2.45) is 0 Å². The molecule has 36 heavy (non-hydrogen) atoms. The Labute approximate surface area is 223 Å². The van der Waals surface area contributed by atoms with Crippen molar-refractivity contribution in [2.75, 3.05) is 20.3 Å². The van der Waals surface area contributed by atoms with E-state index in [2.05, 4.69) is 0 Å². The number of rotatable bonds is 9. The van der Waals surface area contributed by atoms with Gasteiger partial charge in [-0.15, -0.1) is 0 Å². The maximum absolute atomic E-state index is 12.7. The van der Waals surface area contributed by atoms with Crippen LogP contribution in [0.2, 0.25) is 0 Å². The number of nitro groups is 1. The van der Waals surface area contributed by atoms with E-state index in [-0.39, 0.29) is 33.6 Å². The molecule has 2 amide bonds. The van der Waals surface area contributed by atoms with Gasteiger partial charge in [0.05, 0.1) is 27.1 Å². The summed E-state index contributed by atoms with van der Waals surface area (Å²) in [7, 11) is -3.08. The Morgan fingerprint density at radius 2 is 1.89 bits per heavy atom. The van der Waals surface area contributed by atoms with Gasteiger partial charge in [0.25, 0.3) is 16.8 Å². The van der Waals surface area contributed by atoms with E-state index in [0.717, 1.165) is 29.2 Å². The number of esters is 1. The number of imide groups is 1. The summed E-state index contributed by atoms with van der Waals surface area (Å²) in [5.41, 5.74) is 0.120. The lowest BCUT2D eigenvalue weighted by atomic mass is 10.2. The van der Waals surface area contributed by atoms with Gasteiger partial charge in [0.1, 0.15) is 11.4 Å². The van der Waals surface area contributed by atoms with Crippen LogP contribution in [0.3, 0.4) is 0 Å². The number of non-ortho nitro benzene ring substituents is 1. The average molecular weight is 648 g/mol. The molecule has 2 aromatic rings. The van der Waals surface area contributed by atoms with E-state index in [1.807, 2.05) is 22.6 Å². The molecule has 12 nitrogen and oxygen atoms in total. The molecule has 0 aliphatic carbocycles. The first-order valence-electron chi connectivity index (χ1n) is 9.94. The van der Waals surface area contributed by atoms with Gasteiger partial charge < -0.3 is 13.7 Å². The molecule has 0 radical (unpaired) electrons. The quantitative estimate of drug-likeness (QED) is 0.0977. The standard InChI is InChI=1S/C21H17IN2O10S2/c1-3-33-18(25)11-23-20(26)17(35-21(23)27)10-12-8-15(22)19(16(9-12)32-2)34-36(30,31)14-6-4-13(5-7-14)24(28)29/h4-10H,3,11H2,1-2H3/b17-10-. The van der Waals surface area contributed by atoms with Crippen LogP contribution < -0.4 is 8.92 Å². The summed E-state index contributed by atoms with van der Waals surface area (Å²) in [5.74, 6) is -1.51. The van der Waals surface area contributed by atoms with Crippen molar-refractivity contribution in [1.82, 2.24) is 4.90 Å². The monoisotopic (exact) mass is 648 g/mol. The fourth-order valence-electron chi connectivity index (χ4n) is 2.92. The van der Waals surface area contributed by atoms with Crippen molar-refractivity contribution >= 4 is 73.3 Å². The van der Waals surface area contributed by atoms with Crippen molar-refractivity contribution in [3.05, 3.63) is 60.6 Å². The molecule has 0 spiro atoms. The van der Waals surface area contributed by atoms with Crippen LogP contribution in [0.5, 0.6) is 11.5 Å². The number of nitrogens with zero attached hydrogens (tertiary/aromatic N) is 2. The van der Waals surface area contributed by atoms with Gasteiger partial charge >= 0.3 is 16.1 Å². The number of carbonyl (C=O) groups excluding carboxylic acids is 3. The molecule has 0 unspecified atom stereocenters. The first-order valence-corrected chi connectivity index (χ1v) is 13.2. The third kappa shape index (κ3) is 6.14. The molecule has 1 saturated heterocycles. The number of thioether (sulfide) groups is 1. The molecular weight excluding hydrogens is 631 g/mol. The van der Waals surface area contributed by atoms with Gasteiger partial charge in [-0.1, -0.05) is 0 Å². The summed E-state index contributed by atoms with van der Waals surface area (Å²) in [6, 6.07) is 7.08. The van der Waals surface area contributed by atoms with E-state index in [0.29, 0.717) is 20.9 Å². The molecule has 15 heteroatoms. The van der Waals surface area contributed by atoms with E-state index >= 15 is 0 Å². The number of methoxy groups -OCH3 is 1. The fourth-order valence-corrected chi connectivity index (χ4v) is 5.60. The van der Waals surface area contributed by atoms with Gasteiger partial charge in [-0.25, -0.2) is 0 Å². The number of carbonyl (C=O) groups is 3. The number of amides is 2. The van der Waals surface area contributed by atoms with Crippen LogP contribution in [-0.4, -0.2) is 55.6 Å². The van der Waals surface area contributed by atoms with Crippen LogP contribution in [0.25, 0.3) is 6.08 Å². The summed E-state index contributed by atoms with van der Waals surface area (Å²) in [6.07, 6.45) is 1.40. The van der Waals surface area contributed by atoms with Crippen molar-refractivity contribution in [1.29, 1.82) is 0 Å². The molecule has 0 N–H and O–H groups in total. The molecule has 1 fully saturated rings. The predicted molar refractivity (Wildman–Crippen MR) is 136 cm³/mol. The highest BCUT2D eigenvalue weighted by Gasteiger charge is 2.36. The molecule has 1 aliphatic heterocycles. The number of halogens is 1. The van der Waals surface area contributed by atoms with Crippen LogP contribution in [0, 0.1) is 13.7 Å². The number of benzene rings is 2. The zero-order chi connectivity index (χ0) is 26.6. The zero-order valence-corrected chi connectivity index (χ0v) is 22.4. The Morgan fingerprint density at radius 1 is 1.22 bits per heavy atom. The van der Waals surface area contributed by atoms with Crippen LogP contribution in [0.4, 0.5) is 10.5 Å². The molecule has 0 saturated carbocycles. The lowest BCUT2D eigenvalue weighted by molar-refractivity contribution is -0.384. The third-order valence-electron chi connectivity index (χ3n) is 4.54. The van der Waals surface area contributed by atoms with Crippen LogP contribution in [0.1, 0.15) is 12.5 Å². The molecule has 190 valence electrons. The number of hydrogen-bond acceptors (Lipinski definition) is 11. The Morgan fingerprint density at radius 3 is 2.47 bits per heavy atom. The highest BCUT2D eigenvalue weighted by atomic mass is 127. The fraction of sp³-hybridized carbons (Fsp3) is 0.190. The molecular formula is C21H17IN2O10S2. The van der Waals surface area contributed by atoms with Crippen molar-refractivity contribution in [3.8, 4) is 11.5 Å². The highest BCUT2D eigenvalue weighted by Crippen LogP contribution is 2.38. The first kappa shape index (κ1) is 27.4. The molecule has 1 aliphatic rings. The molecule has 2 aromatic carbocycles. The lowest BCUT2D eigenvalue weighted by Gasteiger charge is -2.13. The van der Waals surface area contributed by atoms with E-state index in [9.17, 15) is 32.9 Å². The van der Waals surface area contributed by atoms with Crippen LogP contribution >= 0.6 is 34.4 Å². The van der Waals surface area contributed by atoms with Crippen molar-refractivity contribution in [2.45, 2.75) is 11.8 Å². The van der Waals surface area contributed by atoms with E-state index in [1.165, 1.54) is 25.3 Å². The normalized spacial score (nSPS) is 14.8. The Hall–Kier alpha value is -3.18. The molecule has 3 rings (SSSR count). The summed E-state index contributed by atoms with van der Waals surface area (Å²) in [4.78, 5) is 47.1.